The summed E-state index contributed by atoms with van der Waals surface area (Å²) in [4.78, 5) is 21.5. The van der Waals surface area contributed by atoms with Gasteiger partial charge in [0, 0.05) is 66.0 Å². The Balaban J connectivity index is 0.000000269. The molecular weight excluding hydrogens is 817 g/mol. The van der Waals surface area contributed by atoms with E-state index in [0.29, 0.717) is 0 Å². The number of rotatable bonds is 9. The summed E-state index contributed by atoms with van der Waals surface area (Å²) in [6.45, 7) is 18.8. The van der Waals surface area contributed by atoms with Gasteiger partial charge in [0.15, 0.2) is 5.78 Å². The van der Waals surface area contributed by atoms with Gasteiger partial charge in [0.25, 0.3) is 0 Å². The molecule has 0 saturated heterocycles. The second kappa shape index (κ2) is 15.7. The maximum Gasteiger partial charge on any atom is 0.164 e. The SMILES string of the molecule is CC(C)(C)c1cc(-c2nccc3oc(-c4cnc5ccsc5c4)cc23)[c-]c2ccccc12.CCC(C)(CC)C(=O)/C=C(\O)C(C)(CC)CC.[Ir]. The third-order valence-electron chi connectivity index (χ3n) is 10.5. The van der Waals surface area contributed by atoms with Gasteiger partial charge in [-0.3, -0.25) is 14.8 Å². The van der Waals surface area contributed by atoms with E-state index in [2.05, 4.69) is 79.7 Å². The number of nitrogens with zero attached hydrogens (tertiary/aromatic N) is 2. The molecule has 1 radical (unpaired) electrons. The predicted molar refractivity (Wildman–Crippen MR) is 206 cm³/mol. The number of fused-ring (bicyclic) bond motifs is 3. The van der Waals surface area contributed by atoms with Crippen molar-refractivity contribution in [2.75, 3.05) is 0 Å². The van der Waals surface area contributed by atoms with Crippen LogP contribution in [0.5, 0.6) is 0 Å². The van der Waals surface area contributed by atoms with Crippen molar-refractivity contribution in [1.82, 2.24) is 9.97 Å². The fourth-order valence-corrected chi connectivity index (χ4v) is 6.74. The van der Waals surface area contributed by atoms with Crippen LogP contribution >= 0.6 is 11.3 Å². The van der Waals surface area contributed by atoms with E-state index in [4.69, 9.17) is 9.40 Å². The number of hydrogen-bond donors (Lipinski definition) is 1. The van der Waals surface area contributed by atoms with Crippen LogP contribution in [0.15, 0.2) is 88.6 Å². The summed E-state index contributed by atoms with van der Waals surface area (Å²) < 4.78 is 7.39. The quantitative estimate of drug-likeness (QED) is 0.0890. The van der Waals surface area contributed by atoms with Gasteiger partial charge in [-0.2, -0.15) is 0 Å². The first-order chi connectivity index (χ1) is 23.3. The third kappa shape index (κ3) is 7.96. The zero-order chi connectivity index (χ0) is 35.6. The van der Waals surface area contributed by atoms with Crippen molar-refractivity contribution in [3.05, 3.63) is 95.8 Å². The van der Waals surface area contributed by atoms with Gasteiger partial charge in [0.05, 0.1) is 10.2 Å². The fourth-order valence-electron chi connectivity index (χ4n) is 5.96. The molecule has 0 aliphatic rings. The van der Waals surface area contributed by atoms with Crippen LogP contribution in [0.25, 0.3) is 54.5 Å². The zero-order valence-electron chi connectivity index (χ0n) is 30.7. The number of aromatic nitrogens is 2. The van der Waals surface area contributed by atoms with Gasteiger partial charge in [-0.25, -0.2) is 0 Å². The van der Waals surface area contributed by atoms with E-state index in [1.165, 1.54) is 17.0 Å². The number of carbonyl (C=O) groups is 1. The van der Waals surface area contributed by atoms with E-state index >= 15 is 0 Å². The molecule has 0 atom stereocenters. The molecule has 1 N–H and O–H groups in total. The van der Waals surface area contributed by atoms with Crippen molar-refractivity contribution in [2.45, 2.75) is 93.4 Å². The summed E-state index contributed by atoms with van der Waals surface area (Å²) in [7, 11) is 0. The first-order valence-electron chi connectivity index (χ1n) is 17.4. The number of furan rings is 1. The maximum atomic E-state index is 12.2. The fraction of sp³-hybridized carbons (Fsp3) is 0.372. The molecule has 5 nitrogen and oxygen atoms in total. The molecular formula is C43H49IrN2O3S-. The van der Waals surface area contributed by atoms with Crippen LogP contribution in [-0.2, 0) is 30.3 Å². The van der Waals surface area contributed by atoms with Crippen LogP contribution in [0.1, 0.15) is 93.6 Å². The number of aliphatic hydroxyl groups is 1. The van der Waals surface area contributed by atoms with E-state index in [9.17, 15) is 9.90 Å². The van der Waals surface area contributed by atoms with Crippen molar-refractivity contribution in [1.29, 1.82) is 0 Å². The summed E-state index contributed by atoms with van der Waals surface area (Å²) in [6.07, 6.45) is 8.44. The Morgan fingerprint density at radius 3 is 2.22 bits per heavy atom. The molecule has 0 unspecified atom stereocenters. The van der Waals surface area contributed by atoms with Crippen LogP contribution in [0.3, 0.4) is 0 Å². The van der Waals surface area contributed by atoms with E-state index in [0.717, 1.165) is 74.8 Å². The van der Waals surface area contributed by atoms with Crippen LogP contribution < -0.4 is 0 Å². The number of allylic oxidation sites excluding steroid dienone is 2. The van der Waals surface area contributed by atoms with Crippen molar-refractivity contribution in [2.24, 2.45) is 10.8 Å². The minimum Gasteiger partial charge on any atom is -0.512 e. The van der Waals surface area contributed by atoms with E-state index in [1.807, 2.05) is 66.1 Å². The Kier molecular flexibility index (Phi) is 12.3. The number of carbonyl (C=O) groups excluding carboxylic acids is 1. The molecule has 4 heterocycles. The second-order valence-corrected chi connectivity index (χ2v) is 15.5. The molecule has 0 spiro atoms. The average Bonchev–Trinajstić information content (AvgIpc) is 3.77. The first kappa shape index (κ1) is 39.2. The molecule has 7 heteroatoms. The molecule has 4 aromatic heterocycles. The van der Waals surface area contributed by atoms with Gasteiger partial charge >= 0.3 is 0 Å². The normalized spacial score (nSPS) is 12.5. The molecule has 2 aromatic carbocycles. The third-order valence-corrected chi connectivity index (χ3v) is 11.3. The summed E-state index contributed by atoms with van der Waals surface area (Å²) in [6, 6.07) is 22.5. The Hall–Kier alpha value is -3.64. The maximum absolute atomic E-state index is 12.2. The minimum absolute atomic E-state index is 0. The zero-order valence-corrected chi connectivity index (χ0v) is 33.9. The summed E-state index contributed by atoms with van der Waals surface area (Å²) >= 11 is 1.69. The van der Waals surface area contributed by atoms with Gasteiger partial charge in [0.1, 0.15) is 17.1 Å². The molecule has 50 heavy (non-hydrogen) atoms. The molecule has 0 aliphatic carbocycles. The van der Waals surface area contributed by atoms with Crippen molar-refractivity contribution < 1.29 is 34.4 Å². The second-order valence-electron chi connectivity index (χ2n) is 14.5. The standard InChI is InChI=1S/C28H21N2OS.C15H28O2.Ir/c1-28(2,3)22-13-18(12-17-6-4-5-7-20(17)22)27-21-15-25(31-24(21)8-10-29-27)19-14-26-23(30-16-19)9-11-32-26;1-7-14(5,8-2)12(16)11-13(17)15(6,9-3)10-4;/h4-11,13-16H,1-3H3;11,16H,7-10H2,1-6H3;/q-1;;/b;12-11-;. The van der Waals surface area contributed by atoms with E-state index < -0.39 is 0 Å². The number of hydrogen-bond acceptors (Lipinski definition) is 6. The molecule has 0 aliphatic heterocycles. The number of pyridine rings is 2. The monoisotopic (exact) mass is 866 g/mol. The van der Waals surface area contributed by atoms with E-state index in [-0.39, 0.29) is 47.9 Å². The summed E-state index contributed by atoms with van der Waals surface area (Å²) in [5, 5.41) is 15.5. The van der Waals surface area contributed by atoms with Gasteiger partial charge in [0.2, 0.25) is 0 Å². The average molecular weight is 866 g/mol. The molecule has 0 fully saturated rings. The number of thiophene rings is 1. The first-order valence-corrected chi connectivity index (χ1v) is 18.3. The molecule has 6 rings (SSSR count). The van der Waals surface area contributed by atoms with Gasteiger partial charge in [-0.05, 0) is 60.7 Å². The smallest absolute Gasteiger partial charge is 0.164 e. The van der Waals surface area contributed by atoms with Crippen LogP contribution in [0.4, 0.5) is 0 Å². The summed E-state index contributed by atoms with van der Waals surface area (Å²) in [5.41, 5.74) is 5.36. The van der Waals surface area contributed by atoms with Gasteiger partial charge < -0.3 is 9.52 Å². The predicted octanol–water partition coefficient (Wildman–Crippen LogP) is 12.7. The molecule has 265 valence electrons. The van der Waals surface area contributed by atoms with Crippen molar-refractivity contribution in [3.63, 3.8) is 0 Å². The van der Waals surface area contributed by atoms with Crippen molar-refractivity contribution >= 4 is 49.1 Å². The van der Waals surface area contributed by atoms with Crippen LogP contribution in [0.2, 0.25) is 0 Å². The Morgan fingerprint density at radius 1 is 0.880 bits per heavy atom. The Morgan fingerprint density at radius 2 is 1.56 bits per heavy atom. The number of aliphatic hydroxyl groups excluding tert-OH is 1. The Bertz CT molecular complexity index is 2130. The molecule has 0 bridgehead atoms. The minimum atomic E-state index is -0.337. The molecule has 6 aromatic rings. The van der Waals surface area contributed by atoms with Gasteiger partial charge in [-0.1, -0.05) is 91.5 Å². The van der Waals surface area contributed by atoms with Gasteiger partial charge in [-0.15, -0.1) is 40.5 Å². The Labute approximate surface area is 314 Å². The topological polar surface area (TPSA) is 76.2 Å². The van der Waals surface area contributed by atoms with E-state index in [1.54, 1.807) is 11.3 Å². The number of benzene rings is 2. The number of ketones is 1. The van der Waals surface area contributed by atoms with Crippen LogP contribution in [0, 0.1) is 16.9 Å². The summed E-state index contributed by atoms with van der Waals surface area (Å²) in [5.74, 6) is 1.09. The van der Waals surface area contributed by atoms with Crippen LogP contribution in [-0.4, -0.2) is 20.9 Å². The largest absolute Gasteiger partial charge is 0.512 e. The molecule has 0 amide bonds. The molecule has 0 saturated carbocycles. The van der Waals surface area contributed by atoms with Crippen molar-refractivity contribution in [3.8, 4) is 22.6 Å².